The lowest BCUT2D eigenvalue weighted by molar-refractivity contribution is -0.158. The third-order valence-electron chi connectivity index (χ3n) is 7.46. The monoisotopic (exact) mass is 581 g/mol. The van der Waals surface area contributed by atoms with Gasteiger partial charge in [-0.25, -0.2) is 0 Å². The van der Waals surface area contributed by atoms with Crippen LogP contribution < -0.4 is 5.32 Å². The van der Waals surface area contributed by atoms with Crippen LogP contribution in [0.2, 0.25) is 0 Å². The number of aliphatic hydroxyl groups excluding tert-OH is 1. The standard InChI is InChI=1S/C26H36BrN3O7/c1-15-14-28-17(32)9-6-5-7-11-30(25(2,3)4)23(34)21-26-13-16(27)20(37-26)18(24(35)36-15)19(26)22(33)29(21)10-8-12-31/h5,7,13,15,18-21,31H,6,8-12,14H2,1-4H3,(H,28,32)/b7-5-/t15-,18+,19-,20+,21+,26-/m0/s1. The predicted molar refractivity (Wildman–Crippen MR) is 137 cm³/mol. The molecule has 2 fully saturated rings. The quantitative estimate of drug-likeness (QED) is 0.379. The van der Waals surface area contributed by atoms with Crippen molar-refractivity contribution >= 4 is 39.6 Å². The van der Waals surface area contributed by atoms with E-state index in [4.69, 9.17) is 9.47 Å². The lowest BCUT2D eigenvalue weighted by Crippen LogP contribution is -2.59. The number of halogens is 1. The molecule has 11 heteroatoms. The van der Waals surface area contributed by atoms with Crippen LogP contribution in [0.25, 0.3) is 0 Å². The third-order valence-corrected chi connectivity index (χ3v) is 8.14. The van der Waals surface area contributed by atoms with Gasteiger partial charge in [0, 0.05) is 36.1 Å². The van der Waals surface area contributed by atoms with Crippen LogP contribution in [0.3, 0.4) is 0 Å². The number of nitrogens with zero attached hydrogens (tertiary/aromatic N) is 2. The average molecular weight is 582 g/mol. The Morgan fingerprint density at radius 2 is 1.92 bits per heavy atom. The van der Waals surface area contributed by atoms with Crippen LogP contribution in [0.15, 0.2) is 22.7 Å². The molecular weight excluding hydrogens is 546 g/mol. The molecule has 2 saturated heterocycles. The van der Waals surface area contributed by atoms with Gasteiger partial charge in [0.15, 0.2) is 0 Å². The summed E-state index contributed by atoms with van der Waals surface area (Å²) in [5.41, 5.74) is -1.93. The Hall–Kier alpha value is -2.24. The molecule has 0 aliphatic carbocycles. The summed E-state index contributed by atoms with van der Waals surface area (Å²) in [6, 6.07) is -1.00. The summed E-state index contributed by atoms with van der Waals surface area (Å²) in [6.07, 6.45) is 5.17. The number of aliphatic hydroxyl groups is 1. The van der Waals surface area contributed by atoms with Crippen LogP contribution in [0, 0.1) is 11.8 Å². The molecule has 37 heavy (non-hydrogen) atoms. The van der Waals surface area contributed by atoms with Crippen LogP contribution in [-0.2, 0) is 28.7 Å². The fourth-order valence-corrected chi connectivity index (χ4v) is 6.50. The molecule has 4 aliphatic heterocycles. The summed E-state index contributed by atoms with van der Waals surface area (Å²) in [5.74, 6) is -3.31. The molecule has 3 amide bonds. The second-order valence-corrected chi connectivity index (χ2v) is 12.0. The number of hydrogen-bond donors (Lipinski definition) is 2. The average Bonchev–Trinajstić information content (AvgIpc) is 3.40. The van der Waals surface area contributed by atoms with E-state index in [1.165, 1.54) is 4.90 Å². The first kappa shape index (κ1) is 27.8. The summed E-state index contributed by atoms with van der Waals surface area (Å²) < 4.78 is 12.7. The van der Waals surface area contributed by atoms with Crippen molar-refractivity contribution in [3.05, 3.63) is 22.7 Å². The molecule has 0 unspecified atom stereocenters. The molecule has 4 aliphatic rings. The van der Waals surface area contributed by atoms with Gasteiger partial charge in [-0.3, -0.25) is 19.2 Å². The number of esters is 1. The Kier molecular flexibility index (Phi) is 7.88. The number of allylic oxidation sites excluding steroid dienone is 1. The number of likely N-dealkylation sites (tertiary alicyclic amines) is 1. The van der Waals surface area contributed by atoms with E-state index in [-0.39, 0.29) is 56.8 Å². The molecule has 2 N–H and O–H groups in total. The van der Waals surface area contributed by atoms with E-state index < -0.39 is 47.2 Å². The van der Waals surface area contributed by atoms with Gasteiger partial charge < -0.3 is 29.7 Å². The van der Waals surface area contributed by atoms with Crippen LogP contribution in [0.5, 0.6) is 0 Å². The predicted octanol–water partition coefficient (Wildman–Crippen LogP) is 1.27. The molecular formula is C26H36BrN3O7. The van der Waals surface area contributed by atoms with E-state index >= 15 is 0 Å². The van der Waals surface area contributed by atoms with E-state index in [0.717, 1.165) is 0 Å². The lowest BCUT2D eigenvalue weighted by atomic mass is 9.74. The molecule has 5 bridgehead atoms. The second kappa shape index (κ2) is 10.5. The number of cyclic esters (lactones) is 1. The molecule has 4 rings (SSSR count). The highest BCUT2D eigenvalue weighted by Crippen LogP contribution is 2.59. The Morgan fingerprint density at radius 1 is 1.19 bits per heavy atom. The van der Waals surface area contributed by atoms with Gasteiger partial charge in [0.2, 0.25) is 17.7 Å². The van der Waals surface area contributed by atoms with Gasteiger partial charge in [-0.05, 0) is 46.6 Å². The van der Waals surface area contributed by atoms with E-state index in [9.17, 15) is 24.3 Å². The van der Waals surface area contributed by atoms with Crippen LogP contribution >= 0.6 is 15.9 Å². The number of ether oxygens (including phenoxy) is 2. The number of carbonyl (C=O) groups excluding carboxylic acids is 4. The van der Waals surface area contributed by atoms with Crippen molar-refractivity contribution in [3.8, 4) is 0 Å². The molecule has 4 heterocycles. The first-order valence-electron chi connectivity index (χ1n) is 12.8. The van der Waals surface area contributed by atoms with E-state index in [1.807, 2.05) is 32.9 Å². The second-order valence-electron chi connectivity index (χ2n) is 11.1. The van der Waals surface area contributed by atoms with Crippen molar-refractivity contribution in [2.75, 3.05) is 26.2 Å². The summed E-state index contributed by atoms with van der Waals surface area (Å²) in [7, 11) is 0. The minimum absolute atomic E-state index is 0.147. The third kappa shape index (κ3) is 4.97. The van der Waals surface area contributed by atoms with Gasteiger partial charge in [-0.15, -0.1) is 0 Å². The molecule has 0 aromatic carbocycles. The van der Waals surface area contributed by atoms with Crippen molar-refractivity contribution in [1.82, 2.24) is 15.1 Å². The van der Waals surface area contributed by atoms with Crippen molar-refractivity contribution in [2.24, 2.45) is 11.8 Å². The van der Waals surface area contributed by atoms with Crippen molar-refractivity contribution < 1.29 is 33.8 Å². The molecule has 10 nitrogen and oxygen atoms in total. The van der Waals surface area contributed by atoms with Crippen LogP contribution in [-0.4, -0.2) is 94.2 Å². The molecule has 0 aromatic rings. The minimum Gasteiger partial charge on any atom is -0.460 e. The van der Waals surface area contributed by atoms with Gasteiger partial charge in [-0.2, -0.15) is 0 Å². The highest BCUT2D eigenvalue weighted by Gasteiger charge is 2.75. The zero-order valence-electron chi connectivity index (χ0n) is 21.7. The van der Waals surface area contributed by atoms with Gasteiger partial charge in [0.25, 0.3) is 0 Å². The molecule has 0 saturated carbocycles. The van der Waals surface area contributed by atoms with Crippen molar-refractivity contribution in [3.63, 3.8) is 0 Å². The topological polar surface area (TPSA) is 125 Å². The van der Waals surface area contributed by atoms with Crippen LogP contribution in [0.1, 0.15) is 47.0 Å². The normalized spacial score (nSPS) is 35.8. The molecule has 6 atom stereocenters. The van der Waals surface area contributed by atoms with Gasteiger partial charge in [-0.1, -0.05) is 28.1 Å². The molecule has 1 spiro atoms. The van der Waals surface area contributed by atoms with Crippen molar-refractivity contribution in [2.45, 2.75) is 76.3 Å². The Labute approximate surface area is 225 Å². The Balaban J connectivity index is 1.80. The number of carbonyl (C=O) groups is 4. The smallest absolute Gasteiger partial charge is 0.313 e. The van der Waals surface area contributed by atoms with Gasteiger partial charge >= 0.3 is 5.97 Å². The number of amides is 3. The first-order chi connectivity index (χ1) is 17.4. The Bertz CT molecular complexity index is 1020. The molecule has 0 aromatic heterocycles. The number of hydrogen-bond acceptors (Lipinski definition) is 7. The number of fused-ring (bicyclic) bond motifs is 2. The first-order valence-corrected chi connectivity index (χ1v) is 13.6. The largest absolute Gasteiger partial charge is 0.460 e. The fraction of sp³-hybridized carbons (Fsp3) is 0.692. The van der Waals surface area contributed by atoms with Crippen molar-refractivity contribution in [1.29, 1.82) is 0 Å². The highest BCUT2D eigenvalue weighted by molar-refractivity contribution is 9.11. The molecule has 204 valence electrons. The van der Waals surface area contributed by atoms with Gasteiger partial charge in [0.05, 0.1) is 12.5 Å². The summed E-state index contributed by atoms with van der Waals surface area (Å²) >= 11 is 3.51. The maximum Gasteiger partial charge on any atom is 0.313 e. The van der Waals surface area contributed by atoms with E-state index in [2.05, 4.69) is 21.2 Å². The summed E-state index contributed by atoms with van der Waals surface area (Å²) in [6.45, 7) is 7.86. The maximum absolute atomic E-state index is 14.3. The van der Waals surface area contributed by atoms with Crippen LogP contribution in [0.4, 0.5) is 0 Å². The summed E-state index contributed by atoms with van der Waals surface area (Å²) in [4.78, 5) is 57.0. The van der Waals surface area contributed by atoms with E-state index in [0.29, 0.717) is 10.9 Å². The minimum atomic E-state index is -1.34. The number of nitrogens with one attached hydrogen (secondary N) is 1. The van der Waals surface area contributed by atoms with Gasteiger partial charge in [0.1, 0.15) is 29.8 Å². The zero-order valence-corrected chi connectivity index (χ0v) is 23.3. The highest BCUT2D eigenvalue weighted by atomic mass is 79.9. The fourth-order valence-electron chi connectivity index (χ4n) is 5.77. The summed E-state index contributed by atoms with van der Waals surface area (Å²) in [5, 5.41) is 12.3. The lowest BCUT2D eigenvalue weighted by Gasteiger charge is -2.41. The number of rotatable bonds is 3. The Morgan fingerprint density at radius 3 is 2.59 bits per heavy atom. The maximum atomic E-state index is 14.3. The SMILES string of the molecule is C[C@H]1CNC(=O)CC/C=C\CN(C(C)(C)C)C(=O)[C@H]2N(CCCO)C(=O)[C@@H]3[C@@H](C(=O)O1)[C@@H]1O[C@@]32C=C1Br. The van der Waals surface area contributed by atoms with E-state index in [1.54, 1.807) is 17.9 Å². The molecule has 0 radical (unpaired) electrons. The zero-order chi connectivity index (χ0) is 27.1.